The number of H-pyrrole nitrogens is 1. The van der Waals surface area contributed by atoms with Gasteiger partial charge < -0.3 is 15.2 Å². The van der Waals surface area contributed by atoms with Crippen LogP contribution in [0, 0.1) is 6.92 Å². The van der Waals surface area contributed by atoms with Crippen molar-refractivity contribution in [1.82, 2.24) is 15.2 Å². The molecule has 0 aliphatic rings. The lowest BCUT2D eigenvalue weighted by Gasteiger charge is -2.14. The fourth-order valence-electron chi connectivity index (χ4n) is 4.01. The van der Waals surface area contributed by atoms with Crippen molar-refractivity contribution in [1.29, 1.82) is 0 Å². The third-order valence-corrected chi connectivity index (χ3v) is 5.93. The van der Waals surface area contributed by atoms with Gasteiger partial charge in [-0.3, -0.25) is 10.1 Å². The Balaban J connectivity index is 1.15. The number of ether oxygens (including phenoxy) is 2. The number of aromatic nitrogens is 3. The first-order valence-corrected chi connectivity index (χ1v) is 11.7. The van der Waals surface area contributed by atoms with Gasteiger partial charge in [-0.1, -0.05) is 48.5 Å². The summed E-state index contributed by atoms with van der Waals surface area (Å²) >= 11 is 0. The molecule has 3 N–H and O–H groups in total. The highest BCUT2D eigenvalue weighted by Gasteiger charge is 2.09. The highest BCUT2D eigenvalue weighted by molar-refractivity contribution is 5.86. The number of benzene rings is 3. The van der Waals surface area contributed by atoms with Crippen LogP contribution in [0.2, 0.25) is 0 Å². The summed E-state index contributed by atoms with van der Waals surface area (Å²) in [6.07, 6.45) is 4.27. The number of rotatable bonds is 9. The highest BCUT2D eigenvalue weighted by Crippen LogP contribution is 2.27. The quantitative estimate of drug-likeness (QED) is 0.302. The Labute approximate surface area is 204 Å². The maximum absolute atomic E-state index is 6.36. The summed E-state index contributed by atoms with van der Waals surface area (Å²) < 4.78 is 11.8. The zero-order valence-corrected chi connectivity index (χ0v) is 19.6. The van der Waals surface area contributed by atoms with E-state index in [1.165, 1.54) is 0 Å². The molecule has 0 aliphatic heterocycles. The van der Waals surface area contributed by atoms with Crippen LogP contribution in [0.5, 0.6) is 11.5 Å². The molecular formula is C29H28N4O2. The van der Waals surface area contributed by atoms with Crippen LogP contribution in [-0.4, -0.2) is 27.8 Å². The van der Waals surface area contributed by atoms with Crippen molar-refractivity contribution in [3.05, 3.63) is 108 Å². The van der Waals surface area contributed by atoms with E-state index >= 15 is 0 Å². The number of hydrogen-bond acceptors (Lipinski definition) is 5. The second-order valence-corrected chi connectivity index (χ2v) is 8.67. The van der Waals surface area contributed by atoms with E-state index in [9.17, 15) is 0 Å². The Morgan fingerprint density at radius 2 is 1.66 bits per heavy atom. The molecule has 35 heavy (non-hydrogen) atoms. The van der Waals surface area contributed by atoms with Crippen LogP contribution in [0.15, 0.2) is 91.3 Å². The van der Waals surface area contributed by atoms with Gasteiger partial charge in [0.1, 0.15) is 24.7 Å². The summed E-state index contributed by atoms with van der Waals surface area (Å²) in [5, 5.41) is 8.41. The molecular weight excluding hydrogens is 436 g/mol. The number of nitrogens with zero attached hydrogens (tertiary/aromatic N) is 2. The maximum atomic E-state index is 6.36. The summed E-state index contributed by atoms with van der Waals surface area (Å²) in [6, 6.07) is 26.3. The van der Waals surface area contributed by atoms with Gasteiger partial charge in [-0.05, 0) is 60.4 Å². The van der Waals surface area contributed by atoms with Crippen molar-refractivity contribution in [3.63, 3.8) is 0 Å². The fraction of sp³-hybridized carbons (Fsp3) is 0.172. The van der Waals surface area contributed by atoms with Gasteiger partial charge in [0.2, 0.25) is 0 Å². The SMILES string of the molecule is Cc1n[nH]c2ccc(-c3cncc(OC[C@@H](N)Cc4ccc(OCc5ccccc5)cc4)c3)cc12. The number of aromatic amines is 1. The third kappa shape index (κ3) is 5.67. The fourth-order valence-corrected chi connectivity index (χ4v) is 4.01. The predicted molar refractivity (Wildman–Crippen MR) is 138 cm³/mol. The van der Waals surface area contributed by atoms with Crippen molar-refractivity contribution < 1.29 is 9.47 Å². The molecule has 1 atom stereocenters. The molecule has 6 heteroatoms. The van der Waals surface area contributed by atoms with Gasteiger partial charge in [-0.25, -0.2) is 0 Å². The molecule has 0 radical (unpaired) electrons. The standard InChI is InChI=1S/C29H28N4O2/c1-20-28-15-23(9-12-29(28)33-32-20)24-14-27(17-31-16-24)35-19-25(30)13-21-7-10-26(11-8-21)34-18-22-5-3-2-4-6-22/h2-12,14-17,25H,13,18-19,30H2,1H3,(H,32,33)/t25-/m0/s1. The zero-order chi connectivity index (χ0) is 24.0. The van der Waals surface area contributed by atoms with Gasteiger partial charge in [0.05, 0.1) is 17.4 Å². The topological polar surface area (TPSA) is 86.0 Å². The van der Waals surface area contributed by atoms with Crippen LogP contribution in [0.25, 0.3) is 22.0 Å². The Bertz CT molecular complexity index is 1400. The number of nitrogens with one attached hydrogen (secondary N) is 1. The minimum atomic E-state index is -0.139. The van der Waals surface area contributed by atoms with Gasteiger partial charge in [-0.15, -0.1) is 0 Å². The maximum Gasteiger partial charge on any atom is 0.138 e. The molecule has 0 saturated carbocycles. The van der Waals surface area contributed by atoms with Crippen molar-refractivity contribution >= 4 is 10.9 Å². The Hall–Kier alpha value is -4.16. The second-order valence-electron chi connectivity index (χ2n) is 8.67. The molecule has 0 bridgehead atoms. The van der Waals surface area contributed by atoms with E-state index in [-0.39, 0.29) is 6.04 Å². The molecule has 0 fully saturated rings. The number of nitrogens with two attached hydrogens (primary N) is 1. The largest absolute Gasteiger partial charge is 0.490 e. The Morgan fingerprint density at radius 3 is 2.49 bits per heavy atom. The van der Waals surface area contributed by atoms with Crippen molar-refractivity contribution in [2.45, 2.75) is 26.0 Å². The lowest BCUT2D eigenvalue weighted by Crippen LogP contribution is -2.30. The molecule has 0 unspecified atom stereocenters. The summed E-state index contributed by atoms with van der Waals surface area (Å²) in [7, 11) is 0. The van der Waals surface area contributed by atoms with Crippen LogP contribution < -0.4 is 15.2 Å². The lowest BCUT2D eigenvalue weighted by molar-refractivity contribution is 0.286. The van der Waals surface area contributed by atoms with E-state index in [2.05, 4.69) is 51.6 Å². The van der Waals surface area contributed by atoms with E-state index in [0.29, 0.717) is 25.4 Å². The van der Waals surface area contributed by atoms with Gasteiger partial charge >= 0.3 is 0 Å². The first kappa shape index (κ1) is 22.6. The number of hydrogen-bond donors (Lipinski definition) is 2. The highest BCUT2D eigenvalue weighted by atomic mass is 16.5. The molecule has 3 aromatic carbocycles. The lowest BCUT2D eigenvalue weighted by atomic mass is 10.0. The van der Waals surface area contributed by atoms with E-state index in [1.807, 2.05) is 55.6 Å². The predicted octanol–water partition coefficient (Wildman–Crippen LogP) is 5.46. The molecule has 0 amide bonds. The van der Waals surface area contributed by atoms with Crippen LogP contribution in [-0.2, 0) is 13.0 Å². The van der Waals surface area contributed by atoms with Crippen molar-refractivity contribution in [2.24, 2.45) is 5.73 Å². The molecule has 2 aromatic heterocycles. The third-order valence-electron chi connectivity index (χ3n) is 5.93. The van der Waals surface area contributed by atoms with Gasteiger partial charge in [-0.2, -0.15) is 5.10 Å². The second kappa shape index (κ2) is 10.4. The van der Waals surface area contributed by atoms with Crippen LogP contribution in [0.3, 0.4) is 0 Å². The van der Waals surface area contributed by atoms with Crippen LogP contribution >= 0.6 is 0 Å². The smallest absolute Gasteiger partial charge is 0.138 e. The first-order valence-electron chi connectivity index (χ1n) is 11.7. The molecule has 0 aliphatic carbocycles. The monoisotopic (exact) mass is 464 g/mol. The summed E-state index contributed by atoms with van der Waals surface area (Å²) in [5.41, 5.74) is 12.7. The van der Waals surface area contributed by atoms with Crippen molar-refractivity contribution in [3.8, 4) is 22.6 Å². The minimum Gasteiger partial charge on any atom is -0.490 e. The summed E-state index contributed by atoms with van der Waals surface area (Å²) in [5.74, 6) is 1.54. The summed E-state index contributed by atoms with van der Waals surface area (Å²) in [4.78, 5) is 4.36. The van der Waals surface area contributed by atoms with E-state index in [4.69, 9.17) is 15.2 Å². The van der Waals surface area contributed by atoms with E-state index < -0.39 is 0 Å². The number of aryl methyl sites for hydroxylation is 1. The summed E-state index contributed by atoms with van der Waals surface area (Å²) in [6.45, 7) is 2.94. The van der Waals surface area contributed by atoms with Crippen LogP contribution in [0.1, 0.15) is 16.8 Å². The van der Waals surface area contributed by atoms with E-state index in [1.54, 1.807) is 6.20 Å². The van der Waals surface area contributed by atoms with E-state index in [0.717, 1.165) is 44.6 Å². The van der Waals surface area contributed by atoms with Crippen LogP contribution in [0.4, 0.5) is 0 Å². The van der Waals surface area contributed by atoms with Gasteiger partial charge in [0.15, 0.2) is 0 Å². The molecule has 176 valence electrons. The Kier molecular flexibility index (Phi) is 6.73. The molecule has 0 saturated heterocycles. The van der Waals surface area contributed by atoms with Gasteiger partial charge in [0, 0.05) is 23.2 Å². The Morgan fingerprint density at radius 1 is 0.829 bits per heavy atom. The normalized spacial score (nSPS) is 11.9. The minimum absolute atomic E-state index is 0.139. The number of pyridine rings is 1. The molecule has 5 rings (SSSR count). The van der Waals surface area contributed by atoms with Gasteiger partial charge in [0.25, 0.3) is 0 Å². The average molecular weight is 465 g/mol. The first-order chi connectivity index (χ1) is 17.1. The molecule has 0 spiro atoms. The zero-order valence-electron chi connectivity index (χ0n) is 19.6. The molecule has 2 heterocycles. The average Bonchev–Trinajstić information content (AvgIpc) is 3.28. The number of fused-ring (bicyclic) bond motifs is 1. The molecule has 6 nitrogen and oxygen atoms in total. The molecule has 5 aromatic rings. The van der Waals surface area contributed by atoms with Crippen molar-refractivity contribution in [2.75, 3.05) is 6.61 Å².